The van der Waals surface area contributed by atoms with Gasteiger partial charge in [0, 0.05) is 11.6 Å². The SMILES string of the molecule is CCNC(Cc1cccc(F)c1)c1cc(Cl)sc1Cl. The molecule has 0 fully saturated rings. The summed E-state index contributed by atoms with van der Waals surface area (Å²) < 4.78 is 14.6. The van der Waals surface area contributed by atoms with E-state index in [-0.39, 0.29) is 11.9 Å². The molecule has 102 valence electrons. The Kier molecular flexibility index (Phi) is 5.22. The van der Waals surface area contributed by atoms with Crippen molar-refractivity contribution in [1.29, 1.82) is 0 Å². The Morgan fingerprint density at radius 1 is 1.32 bits per heavy atom. The molecule has 0 saturated carbocycles. The van der Waals surface area contributed by atoms with E-state index in [1.165, 1.54) is 17.4 Å². The molecular weight excluding hydrogens is 304 g/mol. The maximum Gasteiger partial charge on any atom is 0.123 e. The second-order valence-corrected chi connectivity index (χ2v) is 6.51. The highest BCUT2D eigenvalue weighted by Crippen LogP contribution is 2.36. The van der Waals surface area contributed by atoms with Gasteiger partial charge >= 0.3 is 0 Å². The van der Waals surface area contributed by atoms with Gasteiger partial charge in [0.15, 0.2) is 0 Å². The van der Waals surface area contributed by atoms with Crippen LogP contribution in [0.25, 0.3) is 0 Å². The van der Waals surface area contributed by atoms with E-state index in [0.717, 1.165) is 17.7 Å². The van der Waals surface area contributed by atoms with Crippen LogP contribution in [0.5, 0.6) is 0 Å². The fourth-order valence-electron chi connectivity index (χ4n) is 2.03. The molecule has 2 rings (SSSR count). The fraction of sp³-hybridized carbons (Fsp3) is 0.286. The van der Waals surface area contributed by atoms with Crippen LogP contribution in [0.1, 0.15) is 24.1 Å². The molecule has 0 spiro atoms. The van der Waals surface area contributed by atoms with Crippen LogP contribution in [0.4, 0.5) is 4.39 Å². The molecule has 0 aliphatic carbocycles. The first-order valence-corrected chi connectivity index (χ1v) is 7.60. The summed E-state index contributed by atoms with van der Waals surface area (Å²) >= 11 is 13.5. The second kappa shape index (κ2) is 6.71. The Balaban J connectivity index is 2.23. The molecule has 1 aromatic heterocycles. The van der Waals surface area contributed by atoms with Crippen LogP contribution in [0, 0.1) is 5.82 Å². The summed E-state index contributed by atoms with van der Waals surface area (Å²) in [6.45, 7) is 2.84. The first kappa shape index (κ1) is 14.8. The van der Waals surface area contributed by atoms with Crippen molar-refractivity contribution in [3.8, 4) is 0 Å². The summed E-state index contributed by atoms with van der Waals surface area (Å²) in [5, 5.41) is 3.36. The van der Waals surface area contributed by atoms with E-state index < -0.39 is 0 Å². The van der Waals surface area contributed by atoms with Gasteiger partial charge in [-0.3, -0.25) is 0 Å². The molecule has 1 unspecified atom stereocenters. The van der Waals surface area contributed by atoms with Crippen molar-refractivity contribution in [2.24, 2.45) is 0 Å². The van der Waals surface area contributed by atoms with E-state index in [1.807, 2.05) is 19.1 Å². The number of thiophene rings is 1. The second-order valence-electron chi connectivity index (χ2n) is 4.22. The Morgan fingerprint density at radius 3 is 2.68 bits per heavy atom. The zero-order valence-electron chi connectivity index (χ0n) is 10.4. The van der Waals surface area contributed by atoms with Gasteiger partial charge in [0.25, 0.3) is 0 Å². The molecule has 0 aliphatic rings. The number of benzene rings is 1. The first-order chi connectivity index (χ1) is 9.10. The van der Waals surface area contributed by atoms with E-state index in [9.17, 15) is 4.39 Å². The summed E-state index contributed by atoms with van der Waals surface area (Å²) in [4.78, 5) is 0. The van der Waals surface area contributed by atoms with Crippen molar-refractivity contribution in [2.45, 2.75) is 19.4 Å². The van der Waals surface area contributed by atoms with Crippen molar-refractivity contribution < 1.29 is 4.39 Å². The molecule has 1 atom stereocenters. The van der Waals surface area contributed by atoms with Crippen LogP contribution >= 0.6 is 34.5 Å². The zero-order chi connectivity index (χ0) is 13.8. The molecule has 1 N–H and O–H groups in total. The summed E-state index contributed by atoms with van der Waals surface area (Å²) in [6, 6.07) is 8.54. The van der Waals surface area contributed by atoms with Crippen molar-refractivity contribution in [3.05, 3.63) is 55.9 Å². The van der Waals surface area contributed by atoms with Crippen LogP contribution in [0.2, 0.25) is 8.67 Å². The number of halogens is 3. The monoisotopic (exact) mass is 317 g/mol. The molecule has 0 radical (unpaired) electrons. The standard InChI is InChI=1S/C14H14Cl2FNS/c1-2-18-12(11-8-13(15)19-14(11)16)7-9-4-3-5-10(17)6-9/h3-6,8,12,18H,2,7H2,1H3. The molecule has 0 saturated heterocycles. The van der Waals surface area contributed by atoms with Gasteiger partial charge in [-0.05, 0) is 36.7 Å². The third kappa shape index (κ3) is 3.93. The van der Waals surface area contributed by atoms with Crippen LogP contribution in [0.3, 0.4) is 0 Å². The minimum atomic E-state index is -0.220. The molecule has 5 heteroatoms. The maximum absolute atomic E-state index is 13.2. The molecule has 0 bridgehead atoms. The van der Waals surface area contributed by atoms with Gasteiger partial charge in [-0.25, -0.2) is 4.39 Å². The first-order valence-electron chi connectivity index (χ1n) is 6.02. The molecule has 2 aromatic rings. The molecule has 1 nitrogen and oxygen atoms in total. The lowest BCUT2D eigenvalue weighted by atomic mass is 10.0. The Morgan fingerprint density at radius 2 is 2.11 bits per heavy atom. The summed E-state index contributed by atoms with van der Waals surface area (Å²) in [7, 11) is 0. The van der Waals surface area contributed by atoms with Crippen molar-refractivity contribution >= 4 is 34.5 Å². The van der Waals surface area contributed by atoms with E-state index in [1.54, 1.807) is 12.1 Å². The quantitative estimate of drug-likeness (QED) is 0.810. The number of hydrogen-bond donors (Lipinski definition) is 1. The lowest BCUT2D eigenvalue weighted by Crippen LogP contribution is -2.22. The van der Waals surface area contributed by atoms with Crippen LogP contribution in [-0.2, 0) is 6.42 Å². The average Bonchev–Trinajstić information content (AvgIpc) is 2.68. The largest absolute Gasteiger partial charge is 0.310 e. The van der Waals surface area contributed by atoms with Gasteiger partial charge in [-0.1, -0.05) is 42.3 Å². The lowest BCUT2D eigenvalue weighted by Gasteiger charge is -2.17. The zero-order valence-corrected chi connectivity index (χ0v) is 12.7. The summed E-state index contributed by atoms with van der Waals surface area (Å²) in [6.07, 6.45) is 0.679. The van der Waals surface area contributed by atoms with Gasteiger partial charge in [0.1, 0.15) is 5.82 Å². The minimum Gasteiger partial charge on any atom is -0.310 e. The van der Waals surface area contributed by atoms with E-state index in [4.69, 9.17) is 23.2 Å². The van der Waals surface area contributed by atoms with Crippen LogP contribution < -0.4 is 5.32 Å². The Hall–Kier alpha value is -0.610. The highest BCUT2D eigenvalue weighted by molar-refractivity contribution is 7.20. The Labute approximate surface area is 126 Å². The highest BCUT2D eigenvalue weighted by Gasteiger charge is 2.17. The van der Waals surface area contributed by atoms with Gasteiger partial charge in [0.2, 0.25) is 0 Å². The molecule has 19 heavy (non-hydrogen) atoms. The number of hydrogen-bond acceptors (Lipinski definition) is 2. The summed E-state index contributed by atoms with van der Waals surface area (Å²) in [5.41, 5.74) is 1.91. The van der Waals surface area contributed by atoms with Crippen molar-refractivity contribution in [3.63, 3.8) is 0 Å². The van der Waals surface area contributed by atoms with Gasteiger partial charge in [-0.15, -0.1) is 11.3 Å². The van der Waals surface area contributed by atoms with Gasteiger partial charge in [-0.2, -0.15) is 0 Å². The topological polar surface area (TPSA) is 12.0 Å². The minimum absolute atomic E-state index is 0.0445. The predicted octanol–water partition coefficient (Wildman–Crippen LogP) is 5.09. The molecule has 0 amide bonds. The highest BCUT2D eigenvalue weighted by atomic mass is 35.5. The van der Waals surface area contributed by atoms with Crippen LogP contribution in [0.15, 0.2) is 30.3 Å². The third-order valence-corrected chi connectivity index (χ3v) is 4.36. The number of rotatable bonds is 5. The molecule has 1 aromatic carbocycles. The van der Waals surface area contributed by atoms with Crippen molar-refractivity contribution in [1.82, 2.24) is 5.32 Å². The average molecular weight is 318 g/mol. The normalized spacial score (nSPS) is 12.6. The van der Waals surface area contributed by atoms with E-state index in [0.29, 0.717) is 15.1 Å². The molecule has 1 heterocycles. The lowest BCUT2D eigenvalue weighted by molar-refractivity contribution is 0.548. The number of likely N-dealkylation sites (N-methyl/N-ethyl adjacent to an activating group) is 1. The fourth-order valence-corrected chi connectivity index (χ4v) is 3.61. The van der Waals surface area contributed by atoms with Gasteiger partial charge in [0.05, 0.1) is 8.67 Å². The van der Waals surface area contributed by atoms with Crippen molar-refractivity contribution in [2.75, 3.05) is 6.54 Å². The predicted molar refractivity (Wildman–Crippen MR) is 80.9 cm³/mol. The third-order valence-electron chi connectivity index (χ3n) is 2.84. The van der Waals surface area contributed by atoms with E-state index >= 15 is 0 Å². The van der Waals surface area contributed by atoms with Gasteiger partial charge < -0.3 is 5.32 Å². The number of nitrogens with one attached hydrogen (secondary N) is 1. The Bertz CT molecular complexity index is 556. The smallest absolute Gasteiger partial charge is 0.123 e. The molecular formula is C14H14Cl2FNS. The van der Waals surface area contributed by atoms with E-state index in [2.05, 4.69) is 5.32 Å². The summed E-state index contributed by atoms with van der Waals surface area (Å²) in [5.74, 6) is -0.220. The molecule has 0 aliphatic heterocycles. The van der Waals surface area contributed by atoms with Crippen LogP contribution in [-0.4, -0.2) is 6.54 Å². The maximum atomic E-state index is 13.2.